The van der Waals surface area contributed by atoms with E-state index in [-0.39, 0.29) is 70.7 Å². The Morgan fingerprint density at radius 3 is 2.88 bits per heavy atom. The molecule has 230 valence electrons. The Morgan fingerprint density at radius 2 is 2.05 bits per heavy atom. The van der Waals surface area contributed by atoms with Crippen LogP contribution in [0.25, 0.3) is 17.0 Å². The van der Waals surface area contributed by atoms with Crippen molar-refractivity contribution in [2.75, 3.05) is 23.8 Å². The molecule has 7 rings (SSSR count). The zero-order chi connectivity index (χ0) is 30.1. The van der Waals surface area contributed by atoms with Crippen molar-refractivity contribution >= 4 is 56.4 Å². The van der Waals surface area contributed by atoms with Crippen LogP contribution in [0.5, 0.6) is 5.75 Å². The number of aromatic amines is 1. The lowest BCUT2D eigenvalue weighted by Gasteiger charge is -2.36. The predicted octanol–water partition coefficient (Wildman–Crippen LogP) is 0.174. The maximum absolute atomic E-state index is 12.3. The van der Waals surface area contributed by atoms with Crippen molar-refractivity contribution in [3.63, 3.8) is 0 Å². The average molecular weight is 660 g/mol. The number of nitrogens with zero attached hydrogens (tertiary/aromatic N) is 4. The monoisotopic (exact) mass is 659 g/mol. The number of rotatable bonds is 2. The number of nitrogens with two attached hydrogens (primary N) is 2. The van der Waals surface area contributed by atoms with E-state index in [1.807, 2.05) is 4.90 Å². The molecular formula is C21H27N9O10P2S+2. The highest BCUT2D eigenvalue weighted by Gasteiger charge is 2.49. The number of aromatic nitrogens is 4. The van der Waals surface area contributed by atoms with Crippen molar-refractivity contribution in [2.24, 2.45) is 11.7 Å². The fraction of sp³-hybridized carbons (Fsp3) is 0.381. The molecule has 2 fully saturated rings. The smallest absolute Gasteiger partial charge is 0.439 e. The SMILES string of the molecule is Nc1nc2c(ncn2C2=C3C/C(=C\O[P+](O)(O)Oc4cc(N5CCC6C(N)NCNC65)oc4CO[P+](O)(S)O3)O2)c(=O)[nH]1. The number of H-pyrrole nitrogens is 1. The number of anilines is 2. The molecule has 10 N–H and O–H groups in total. The molecule has 3 aromatic rings. The molecule has 0 radical (unpaired) electrons. The first kappa shape index (κ1) is 28.6. The summed E-state index contributed by atoms with van der Waals surface area (Å²) in [5, 5.41) is 6.51. The van der Waals surface area contributed by atoms with Crippen molar-refractivity contribution in [1.82, 2.24) is 30.2 Å². The Labute approximate surface area is 247 Å². The Balaban J connectivity index is 1.22. The van der Waals surface area contributed by atoms with E-state index >= 15 is 0 Å². The summed E-state index contributed by atoms with van der Waals surface area (Å²) in [6.45, 7) is 0.652. The maximum atomic E-state index is 12.3. The van der Waals surface area contributed by atoms with Crippen LogP contribution < -0.4 is 37.1 Å². The molecule has 7 heterocycles. The highest BCUT2D eigenvalue weighted by molar-refractivity contribution is 8.47. The van der Waals surface area contributed by atoms with Crippen molar-refractivity contribution in [3.8, 4) is 5.75 Å². The third-order valence-corrected chi connectivity index (χ3v) is 9.50. The average Bonchev–Trinajstić information content (AvgIpc) is 3.71. The van der Waals surface area contributed by atoms with Gasteiger partial charge in [-0.3, -0.25) is 34.0 Å². The number of nitrogen functional groups attached to an aromatic ring is 1. The molecule has 0 aromatic carbocycles. The van der Waals surface area contributed by atoms with Crippen LogP contribution in [-0.2, 0) is 24.9 Å². The van der Waals surface area contributed by atoms with Gasteiger partial charge in [0.1, 0.15) is 18.6 Å². The minimum Gasteiger partial charge on any atom is -0.439 e. The van der Waals surface area contributed by atoms with Crippen LogP contribution in [0.15, 0.2) is 39.4 Å². The number of nitrogens with one attached hydrogen (secondary N) is 3. The first-order valence-corrected chi connectivity index (χ1v) is 17.1. The van der Waals surface area contributed by atoms with E-state index in [1.165, 1.54) is 17.0 Å². The molecule has 0 saturated carbocycles. The molecular weight excluding hydrogens is 632 g/mol. The molecule has 4 unspecified atom stereocenters. The highest BCUT2D eigenvalue weighted by atomic mass is 32.7. The lowest BCUT2D eigenvalue weighted by Crippen LogP contribution is -2.62. The Morgan fingerprint density at radius 1 is 1.21 bits per heavy atom. The maximum Gasteiger partial charge on any atom is 0.663 e. The molecule has 22 heteroatoms. The summed E-state index contributed by atoms with van der Waals surface area (Å²) in [4.78, 5) is 57.1. The summed E-state index contributed by atoms with van der Waals surface area (Å²) < 4.78 is 35.2. The zero-order valence-electron chi connectivity index (χ0n) is 22.0. The largest absolute Gasteiger partial charge is 0.663 e. The van der Waals surface area contributed by atoms with E-state index in [2.05, 4.69) is 37.8 Å². The van der Waals surface area contributed by atoms with E-state index in [1.54, 1.807) is 0 Å². The Hall–Kier alpha value is -3.16. The van der Waals surface area contributed by atoms with Gasteiger partial charge in [0.05, 0.1) is 24.8 Å². The topological polar surface area (TPSA) is 263 Å². The summed E-state index contributed by atoms with van der Waals surface area (Å²) >= 11 is 4.22. The highest BCUT2D eigenvalue weighted by Crippen LogP contribution is 2.66. The van der Waals surface area contributed by atoms with Crippen molar-refractivity contribution in [1.29, 1.82) is 0 Å². The molecule has 2 saturated heterocycles. The molecule has 2 bridgehead atoms. The molecule has 4 aliphatic heterocycles. The molecule has 4 aliphatic rings. The number of thiol groups is 1. The number of hydrogen-bond acceptors (Lipinski definition) is 18. The van der Waals surface area contributed by atoms with Crippen molar-refractivity contribution in [2.45, 2.75) is 31.8 Å². The fourth-order valence-corrected chi connectivity index (χ4v) is 7.23. The van der Waals surface area contributed by atoms with Gasteiger partial charge < -0.3 is 25.5 Å². The van der Waals surface area contributed by atoms with E-state index in [0.717, 1.165) is 12.7 Å². The third-order valence-electron chi connectivity index (χ3n) is 7.17. The minimum absolute atomic E-state index is 0.00542. The standard InChI is InChI=1S/C21H26N9O10P2S/c22-16-10-1-2-29(17(10)25-7-24-16)14-4-11-13(38-14)6-36-42(34,43)40-12-3-9(5-35-41(32,33)39-11)37-20(12)30-8-26-15-18(30)27-21(23)28-19(15)31/h4-5,8,10,16-17,24-25,32-34,43H,1-3,6-7,22H2,(H2-,23,27,28,31)/q+1/p+1/b9-5+. The number of hydrogen-bond donors (Lipinski definition) is 9. The van der Waals surface area contributed by atoms with Crippen LogP contribution >= 0.6 is 27.6 Å². The summed E-state index contributed by atoms with van der Waals surface area (Å²) in [7, 11) is -8.49. The van der Waals surface area contributed by atoms with Gasteiger partial charge in [-0.1, -0.05) is 0 Å². The molecule has 0 spiro atoms. The summed E-state index contributed by atoms with van der Waals surface area (Å²) in [6.07, 6.45) is 2.43. The van der Waals surface area contributed by atoms with Crippen LogP contribution in [-0.4, -0.2) is 59.7 Å². The van der Waals surface area contributed by atoms with Gasteiger partial charge in [-0.2, -0.15) is 24.2 Å². The number of imidazole rings is 1. The molecule has 3 aromatic heterocycles. The lowest BCUT2D eigenvalue weighted by atomic mass is 10.0. The molecule has 0 amide bonds. The van der Waals surface area contributed by atoms with E-state index in [4.69, 9.17) is 38.7 Å². The Kier molecular flexibility index (Phi) is 6.97. The van der Waals surface area contributed by atoms with E-state index < -0.39 is 27.5 Å². The quantitative estimate of drug-likeness (QED) is 0.131. The van der Waals surface area contributed by atoms with Crippen molar-refractivity contribution in [3.05, 3.63) is 46.3 Å². The fourth-order valence-electron chi connectivity index (χ4n) is 5.29. The van der Waals surface area contributed by atoms with Gasteiger partial charge in [0.2, 0.25) is 23.3 Å². The van der Waals surface area contributed by atoms with Gasteiger partial charge in [-0.15, -0.1) is 0 Å². The third kappa shape index (κ3) is 5.40. The second kappa shape index (κ2) is 10.5. The normalized spacial score (nSPS) is 30.0. The predicted molar refractivity (Wildman–Crippen MR) is 154 cm³/mol. The molecule has 19 nitrogen and oxygen atoms in total. The van der Waals surface area contributed by atoms with Crippen LogP contribution in [0.4, 0.5) is 11.8 Å². The van der Waals surface area contributed by atoms with Crippen LogP contribution in [0.2, 0.25) is 0 Å². The van der Waals surface area contributed by atoms with E-state index in [9.17, 15) is 19.5 Å². The molecule has 4 atom stereocenters. The summed E-state index contributed by atoms with van der Waals surface area (Å²) in [6, 6.07) is 1.47. The van der Waals surface area contributed by atoms with Crippen LogP contribution in [0.1, 0.15) is 18.6 Å². The van der Waals surface area contributed by atoms with Crippen LogP contribution in [0.3, 0.4) is 0 Å². The molecule has 43 heavy (non-hydrogen) atoms. The minimum atomic E-state index is -4.55. The zero-order valence-corrected chi connectivity index (χ0v) is 24.7. The van der Waals surface area contributed by atoms with E-state index in [0.29, 0.717) is 19.1 Å². The van der Waals surface area contributed by atoms with Crippen LogP contribution in [0, 0.1) is 5.92 Å². The number of fused-ring (bicyclic) bond motifs is 5. The second-order valence-corrected chi connectivity index (χ2v) is 14.3. The lowest BCUT2D eigenvalue weighted by molar-refractivity contribution is 0.192. The van der Waals surface area contributed by atoms with Gasteiger partial charge in [0.25, 0.3) is 11.4 Å². The second-order valence-electron chi connectivity index (χ2n) is 9.95. The summed E-state index contributed by atoms with van der Waals surface area (Å²) in [5.74, 6) is 0.0905. The van der Waals surface area contributed by atoms with Gasteiger partial charge >= 0.3 is 15.3 Å². The molecule has 0 aliphatic carbocycles. The van der Waals surface area contributed by atoms with Gasteiger partial charge in [0, 0.05) is 19.1 Å². The van der Waals surface area contributed by atoms with Gasteiger partial charge in [-0.25, -0.2) is 9.55 Å². The number of ether oxygens (including phenoxy) is 1. The first-order valence-electron chi connectivity index (χ1n) is 12.8. The Bertz CT molecular complexity index is 1710. The number of furan rings is 1. The van der Waals surface area contributed by atoms with Gasteiger partial charge in [0.15, 0.2) is 35.6 Å². The van der Waals surface area contributed by atoms with Gasteiger partial charge in [-0.05, 0) is 6.42 Å². The first-order chi connectivity index (χ1) is 20.5. The van der Waals surface area contributed by atoms with Crippen molar-refractivity contribution < 1.29 is 41.9 Å². The summed E-state index contributed by atoms with van der Waals surface area (Å²) in [5.41, 5.74) is 11.3.